The maximum absolute atomic E-state index is 13.0. The molecule has 3 aromatic rings. The number of nitrogens with zero attached hydrogens (tertiary/aromatic N) is 2. The van der Waals surface area contributed by atoms with Crippen LogP contribution in [0.3, 0.4) is 0 Å². The molecule has 2 aromatic heterocycles. The standard InChI is InChI=1S/C17H15FN2O3S/c1-3-14-15(10(2)23-20-14)17(21)22-8-13-9-24-16(19-13)11-4-6-12(18)7-5-11/h4-7,9H,3,8H2,1-2H3. The summed E-state index contributed by atoms with van der Waals surface area (Å²) in [6, 6.07) is 6.10. The summed E-state index contributed by atoms with van der Waals surface area (Å²) in [7, 11) is 0. The van der Waals surface area contributed by atoms with Gasteiger partial charge in [-0.05, 0) is 37.6 Å². The number of aromatic nitrogens is 2. The number of hydrogen-bond donors (Lipinski definition) is 0. The monoisotopic (exact) mass is 346 g/mol. The average molecular weight is 346 g/mol. The van der Waals surface area contributed by atoms with Crippen LogP contribution >= 0.6 is 11.3 Å². The molecule has 24 heavy (non-hydrogen) atoms. The van der Waals surface area contributed by atoms with Gasteiger partial charge in [0.2, 0.25) is 0 Å². The van der Waals surface area contributed by atoms with Crippen molar-refractivity contribution in [1.29, 1.82) is 0 Å². The normalized spacial score (nSPS) is 10.8. The Balaban J connectivity index is 1.68. The minimum Gasteiger partial charge on any atom is -0.455 e. The zero-order chi connectivity index (χ0) is 17.1. The molecule has 0 radical (unpaired) electrons. The molecule has 0 bridgehead atoms. The van der Waals surface area contributed by atoms with Crippen LogP contribution in [0.15, 0.2) is 34.2 Å². The first-order chi connectivity index (χ1) is 11.6. The largest absolute Gasteiger partial charge is 0.455 e. The molecule has 0 N–H and O–H groups in total. The van der Waals surface area contributed by atoms with Crippen molar-refractivity contribution in [2.45, 2.75) is 26.9 Å². The lowest BCUT2D eigenvalue weighted by molar-refractivity contribution is 0.0465. The fourth-order valence-electron chi connectivity index (χ4n) is 2.23. The van der Waals surface area contributed by atoms with Gasteiger partial charge < -0.3 is 9.26 Å². The van der Waals surface area contributed by atoms with Gasteiger partial charge in [-0.3, -0.25) is 0 Å². The van der Waals surface area contributed by atoms with Gasteiger partial charge in [-0.1, -0.05) is 12.1 Å². The zero-order valence-corrected chi connectivity index (χ0v) is 14.0. The van der Waals surface area contributed by atoms with E-state index in [9.17, 15) is 9.18 Å². The van der Waals surface area contributed by atoms with Gasteiger partial charge >= 0.3 is 5.97 Å². The zero-order valence-electron chi connectivity index (χ0n) is 13.2. The number of halogens is 1. The lowest BCUT2D eigenvalue weighted by Crippen LogP contribution is -2.08. The maximum Gasteiger partial charge on any atom is 0.344 e. The van der Waals surface area contributed by atoms with E-state index in [-0.39, 0.29) is 12.4 Å². The third-order valence-electron chi connectivity index (χ3n) is 3.47. The Morgan fingerprint density at radius 3 is 2.79 bits per heavy atom. The van der Waals surface area contributed by atoms with Gasteiger partial charge in [-0.2, -0.15) is 0 Å². The van der Waals surface area contributed by atoms with Crippen molar-refractivity contribution in [3.8, 4) is 10.6 Å². The van der Waals surface area contributed by atoms with E-state index in [4.69, 9.17) is 9.26 Å². The lowest BCUT2D eigenvalue weighted by Gasteiger charge is -2.02. The molecule has 0 fully saturated rings. The van der Waals surface area contributed by atoms with Crippen LogP contribution in [-0.2, 0) is 17.8 Å². The van der Waals surface area contributed by atoms with E-state index in [0.717, 1.165) is 10.6 Å². The number of carbonyl (C=O) groups excluding carboxylic acids is 1. The Bertz CT molecular complexity index is 855. The molecule has 3 rings (SSSR count). The van der Waals surface area contributed by atoms with Crippen molar-refractivity contribution in [2.24, 2.45) is 0 Å². The highest BCUT2D eigenvalue weighted by atomic mass is 32.1. The van der Waals surface area contributed by atoms with Crippen LogP contribution in [0.2, 0.25) is 0 Å². The molecule has 7 heteroatoms. The van der Waals surface area contributed by atoms with Crippen molar-refractivity contribution >= 4 is 17.3 Å². The molecule has 5 nitrogen and oxygen atoms in total. The quantitative estimate of drug-likeness (QED) is 0.649. The molecular formula is C17H15FN2O3S. The number of thiazole rings is 1. The van der Waals surface area contributed by atoms with E-state index in [1.807, 2.05) is 12.3 Å². The molecule has 2 heterocycles. The molecule has 0 atom stereocenters. The van der Waals surface area contributed by atoms with Crippen molar-refractivity contribution in [2.75, 3.05) is 0 Å². The summed E-state index contributed by atoms with van der Waals surface area (Å²) in [6.45, 7) is 3.63. The predicted molar refractivity (Wildman–Crippen MR) is 87.2 cm³/mol. The van der Waals surface area contributed by atoms with Crippen molar-refractivity contribution in [3.05, 3.63) is 58.2 Å². The summed E-state index contributed by atoms with van der Waals surface area (Å²) in [4.78, 5) is 16.6. The third kappa shape index (κ3) is 3.35. The van der Waals surface area contributed by atoms with E-state index in [1.54, 1.807) is 19.1 Å². The van der Waals surface area contributed by atoms with Crippen LogP contribution in [0.25, 0.3) is 10.6 Å². The second-order valence-electron chi connectivity index (χ2n) is 5.14. The predicted octanol–water partition coefficient (Wildman–Crippen LogP) is 4.17. The average Bonchev–Trinajstić information content (AvgIpc) is 3.20. The van der Waals surface area contributed by atoms with Crippen LogP contribution in [0.1, 0.15) is 34.4 Å². The molecule has 124 valence electrons. The molecular weight excluding hydrogens is 331 g/mol. The Morgan fingerprint density at radius 2 is 2.08 bits per heavy atom. The molecule has 1 aromatic carbocycles. The first-order valence-electron chi connectivity index (χ1n) is 7.41. The Labute approximate surface area is 142 Å². The summed E-state index contributed by atoms with van der Waals surface area (Å²) in [6.07, 6.45) is 0.590. The summed E-state index contributed by atoms with van der Waals surface area (Å²) in [5, 5.41) is 6.40. The summed E-state index contributed by atoms with van der Waals surface area (Å²) in [5.41, 5.74) is 2.43. The van der Waals surface area contributed by atoms with E-state index in [1.165, 1.54) is 23.5 Å². The topological polar surface area (TPSA) is 65.2 Å². The van der Waals surface area contributed by atoms with E-state index in [2.05, 4.69) is 10.1 Å². The lowest BCUT2D eigenvalue weighted by atomic mass is 10.1. The third-order valence-corrected chi connectivity index (χ3v) is 4.41. The highest BCUT2D eigenvalue weighted by Crippen LogP contribution is 2.24. The SMILES string of the molecule is CCc1noc(C)c1C(=O)OCc1csc(-c2ccc(F)cc2)n1. The highest BCUT2D eigenvalue weighted by molar-refractivity contribution is 7.13. The fraction of sp³-hybridized carbons (Fsp3) is 0.235. The number of benzene rings is 1. The van der Waals surface area contributed by atoms with Gasteiger partial charge in [-0.25, -0.2) is 14.2 Å². The van der Waals surface area contributed by atoms with Gasteiger partial charge in [0, 0.05) is 10.9 Å². The number of rotatable bonds is 5. The minimum absolute atomic E-state index is 0.0598. The second-order valence-corrected chi connectivity index (χ2v) is 6.00. The van der Waals surface area contributed by atoms with Crippen molar-refractivity contribution in [1.82, 2.24) is 10.1 Å². The molecule has 0 spiro atoms. The minimum atomic E-state index is -0.470. The van der Waals surface area contributed by atoms with Gasteiger partial charge in [0.1, 0.15) is 28.8 Å². The Hall–Kier alpha value is -2.54. The van der Waals surface area contributed by atoms with Crippen LogP contribution in [0.4, 0.5) is 4.39 Å². The number of esters is 1. The first-order valence-corrected chi connectivity index (χ1v) is 8.29. The number of hydrogen-bond acceptors (Lipinski definition) is 6. The number of aryl methyl sites for hydroxylation is 2. The second kappa shape index (κ2) is 6.92. The van der Waals surface area contributed by atoms with Gasteiger partial charge in [0.25, 0.3) is 0 Å². The van der Waals surface area contributed by atoms with Crippen molar-refractivity contribution < 1.29 is 18.4 Å². The summed E-state index contributed by atoms with van der Waals surface area (Å²) >= 11 is 1.41. The van der Waals surface area contributed by atoms with Gasteiger partial charge in [-0.15, -0.1) is 11.3 Å². The molecule has 0 amide bonds. The fourth-order valence-corrected chi connectivity index (χ4v) is 3.04. The van der Waals surface area contributed by atoms with E-state index in [0.29, 0.717) is 29.1 Å². The van der Waals surface area contributed by atoms with Crippen LogP contribution in [0, 0.1) is 12.7 Å². The van der Waals surface area contributed by atoms with Crippen LogP contribution in [0.5, 0.6) is 0 Å². The van der Waals surface area contributed by atoms with Gasteiger partial charge in [0.15, 0.2) is 0 Å². The summed E-state index contributed by atoms with van der Waals surface area (Å²) in [5.74, 6) is -0.315. The molecule has 0 aliphatic heterocycles. The Kier molecular flexibility index (Phi) is 4.71. The highest BCUT2D eigenvalue weighted by Gasteiger charge is 2.21. The molecule has 0 saturated carbocycles. The maximum atomic E-state index is 13.0. The molecule has 0 unspecified atom stereocenters. The van der Waals surface area contributed by atoms with Crippen LogP contribution in [-0.4, -0.2) is 16.1 Å². The van der Waals surface area contributed by atoms with Crippen LogP contribution < -0.4 is 0 Å². The summed E-state index contributed by atoms with van der Waals surface area (Å²) < 4.78 is 23.3. The van der Waals surface area contributed by atoms with E-state index >= 15 is 0 Å². The molecule has 0 aliphatic rings. The van der Waals surface area contributed by atoms with E-state index < -0.39 is 5.97 Å². The molecule has 0 aliphatic carbocycles. The van der Waals surface area contributed by atoms with Crippen molar-refractivity contribution in [3.63, 3.8) is 0 Å². The smallest absolute Gasteiger partial charge is 0.344 e. The van der Waals surface area contributed by atoms with Gasteiger partial charge in [0.05, 0.1) is 11.4 Å². The molecule has 0 saturated heterocycles. The number of carbonyl (C=O) groups is 1. The Morgan fingerprint density at radius 1 is 1.33 bits per heavy atom. The number of ether oxygens (including phenoxy) is 1. The first kappa shape index (κ1) is 16.3.